The van der Waals surface area contributed by atoms with Gasteiger partial charge in [0.15, 0.2) is 5.76 Å². The maximum Gasteiger partial charge on any atom is 0.170 e. The van der Waals surface area contributed by atoms with Crippen LogP contribution in [0.1, 0.15) is 25.1 Å². The fraction of sp³-hybridized carbons (Fsp3) is 0.357. The van der Waals surface area contributed by atoms with Crippen LogP contribution in [0.4, 0.5) is 0 Å². The lowest BCUT2D eigenvalue weighted by molar-refractivity contribution is 0.242. The molecule has 2 aromatic rings. The van der Waals surface area contributed by atoms with Crippen LogP contribution in [0.25, 0.3) is 11.3 Å². The van der Waals surface area contributed by atoms with Crippen LogP contribution >= 0.6 is 0 Å². The molecule has 4 nitrogen and oxygen atoms in total. The highest BCUT2D eigenvalue weighted by Crippen LogP contribution is 2.27. The average molecular weight is 247 g/mol. The molecule has 96 valence electrons. The number of benzene rings is 1. The van der Waals surface area contributed by atoms with Gasteiger partial charge in [0.2, 0.25) is 0 Å². The highest BCUT2D eigenvalue weighted by atomic mass is 16.5. The zero-order valence-corrected chi connectivity index (χ0v) is 10.8. The van der Waals surface area contributed by atoms with Gasteiger partial charge >= 0.3 is 0 Å². The number of nitrogens with zero attached hydrogens (tertiary/aromatic N) is 1. The van der Waals surface area contributed by atoms with Gasteiger partial charge in [-0.25, -0.2) is 0 Å². The number of aliphatic hydroxyl groups excluding tert-OH is 1. The largest absolute Gasteiger partial charge is 0.491 e. The third-order valence-corrected chi connectivity index (χ3v) is 2.66. The first-order valence-corrected chi connectivity index (χ1v) is 5.95. The van der Waals surface area contributed by atoms with Crippen molar-refractivity contribution in [2.24, 2.45) is 0 Å². The van der Waals surface area contributed by atoms with E-state index in [9.17, 15) is 0 Å². The second-order valence-electron chi connectivity index (χ2n) is 4.43. The molecule has 18 heavy (non-hydrogen) atoms. The van der Waals surface area contributed by atoms with Gasteiger partial charge in [0.05, 0.1) is 12.7 Å². The van der Waals surface area contributed by atoms with Crippen LogP contribution in [0, 0.1) is 6.92 Å². The number of aromatic nitrogens is 1. The van der Waals surface area contributed by atoms with Crippen LogP contribution in [0.5, 0.6) is 5.75 Å². The quantitative estimate of drug-likeness (QED) is 0.902. The Morgan fingerprint density at radius 1 is 1.28 bits per heavy atom. The fourth-order valence-electron chi connectivity index (χ4n) is 1.74. The molecule has 1 heterocycles. The summed E-state index contributed by atoms with van der Waals surface area (Å²) in [7, 11) is 0. The Balaban J connectivity index is 2.26. The predicted molar refractivity (Wildman–Crippen MR) is 68.4 cm³/mol. The lowest BCUT2D eigenvalue weighted by atomic mass is 10.1. The first-order valence-electron chi connectivity index (χ1n) is 5.95. The van der Waals surface area contributed by atoms with Gasteiger partial charge in [-0.1, -0.05) is 5.16 Å². The molecule has 0 atom stereocenters. The molecular weight excluding hydrogens is 230 g/mol. The number of ether oxygens (including phenoxy) is 1. The summed E-state index contributed by atoms with van der Waals surface area (Å²) in [5.74, 6) is 1.52. The van der Waals surface area contributed by atoms with Gasteiger partial charge in [-0.15, -0.1) is 0 Å². The van der Waals surface area contributed by atoms with E-state index < -0.39 is 0 Å². The van der Waals surface area contributed by atoms with Crippen molar-refractivity contribution < 1.29 is 14.4 Å². The second kappa shape index (κ2) is 5.23. The summed E-state index contributed by atoms with van der Waals surface area (Å²) in [6.07, 6.45) is 0.156. The Labute approximate surface area is 106 Å². The standard InChI is InChI=1S/C14H17NO3/c1-9(2)17-12-6-4-11(5-7-12)14-10(3)13(8-16)15-18-14/h4-7,9,16H,8H2,1-3H3. The molecule has 0 saturated heterocycles. The van der Waals surface area contributed by atoms with Crippen LogP contribution in [-0.2, 0) is 6.61 Å². The molecule has 0 radical (unpaired) electrons. The van der Waals surface area contributed by atoms with Crippen molar-refractivity contribution in [3.63, 3.8) is 0 Å². The predicted octanol–water partition coefficient (Wildman–Crippen LogP) is 2.93. The SMILES string of the molecule is Cc1c(CO)noc1-c1ccc(OC(C)C)cc1. The molecule has 0 amide bonds. The van der Waals surface area contributed by atoms with Gasteiger partial charge in [-0.05, 0) is 45.0 Å². The molecule has 0 fully saturated rings. The molecule has 2 rings (SSSR count). The highest BCUT2D eigenvalue weighted by Gasteiger charge is 2.12. The molecule has 1 aromatic heterocycles. The summed E-state index contributed by atoms with van der Waals surface area (Å²) in [6.45, 7) is 5.75. The Morgan fingerprint density at radius 2 is 1.94 bits per heavy atom. The molecule has 0 aliphatic rings. The van der Waals surface area contributed by atoms with Crippen molar-refractivity contribution in [3.8, 4) is 17.1 Å². The van der Waals surface area contributed by atoms with Crippen LogP contribution in [0.2, 0.25) is 0 Å². The molecule has 4 heteroatoms. The summed E-state index contributed by atoms with van der Waals surface area (Å²) >= 11 is 0. The molecule has 0 saturated carbocycles. The van der Waals surface area contributed by atoms with Crippen LogP contribution < -0.4 is 4.74 Å². The van der Waals surface area contributed by atoms with E-state index >= 15 is 0 Å². The van der Waals surface area contributed by atoms with E-state index in [4.69, 9.17) is 14.4 Å². The van der Waals surface area contributed by atoms with Gasteiger partial charge in [-0.3, -0.25) is 0 Å². The highest BCUT2D eigenvalue weighted by molar-refractivity contribution is 5.62. The average Bonchev–Trinajstić information content (AvgIpc) is 2.71. The van der Waals surface area contributed by atoms with Gasteiger partial charge in [0.25, 0.3) is 0 Å². The van der Waals surface area contributed by atoms with E-state index in [-0.39, 0.29) is 12.7 Å². The number of rotatable bonds is 4. The molecule has 0 bridgehead atoms. The Hall–Kier alpha value is -1.81. The Bertz CT molecular complexity index is 514. The Morgan fingerprint density at radius 3 is 2.44 bits per heavy atom. The van der Waals surface area contributed by atoms with Crippen molar-refractivity contribution in [2.45, 2.75) is 33.5 Å². The summed E-state index contributed by atoms with van der Waals surface area (Å²) in [4.78, 5) is 0. The lowest BCUT2D eigenvalue weighted by Gasteiger charge is -2.09. The molecular formula is C14H17NO3. The lowest BCUT2D eigenvalue weighted by Crippen LogP contribution is -2.05. The van der Waals surface area contributed by atoms with Crippen LogP contribution in [0.3, 0.4) is 0 Å². The number of aliphatic hydroxyl groups is 1. The molecule has 1 N–H and O–H groups in total. The molecule has 0 unspecified atom stereocenters. The zero-order valence-electron chi connectivity index (χ0n) is 10.8. The Kier molecular flexibility index (Phi) is 3.67. The van der Waals surface area contributed by atoms with Crippen molar-refractivity contribution in [1.29, 1.82) is 0 Å². The molecule has 0 aliphatic carbocycles. The van der Waals surface area contributed by atoms with Crippen molar-refractivity contribution >= 4 is 0 Å². The summed E-state index contributed by atoms with van der Waals surface area (Å²) in [6, 6.07) is 7.64. The number of hydrogen-bond acceptors (Lipinski definition) is 4. The van der Waals surface area contributed by atoms with Crippen molar-refractivity contribution in [2.75, 3.05) is 0 Å². The van der Waals surface area contributed by atoms with E-state index in [0.29, 0.717) is 11.5 Å². The van der Waals surface area contributed by atoms with Crippen molar-refractivity contribution in [3.05, 3.63) is 35.5 Å². The third-order valence-electron chi connectivity index (χ3n) is 2.66. The minimum absolute atomic E-state index is 0.107. The van der Waals surface area contributed by atoms with Gasteiger partial charge < -0.3 is 14.4 Å². The second-order valence-corrected chi connectivity index (χ2v) is 4.43. The molecule has 0 aliphatic heterocycles. The fourth-order valence-corrected chi connectivity index (χ4v) is 1.74. The number of hydrogen-bond donors (Lipinski definition) is 1. The minimum atomic E-state index is -0.107. The first-order chi connectivity index (χ1) is 8.61. The van der Waals surface area contributed by atoms with Gasteiger partial charge in [0, 0.05) is 11.1 Å². The van der Waals surface area contributed by atoms with E-state index in [0.717, 1.165) is 16.9 Å². The normalized spacial score (nSPS) is 10.9. The van der Waals surface area contributed by atoms with Crippen molar-refractivity contribution in [1.82, 2.24) is 5.16 Å². The smallest absolute Gasteiger partial charge is 0.170 e. The minimum Gasteiger partial charge on any atom is -0.491 e. The van der Waals surface area contributed by atoms with Crippen LogP contribution in [-0.4, -0.2) is 16.4 Å². The molecule has 0 spiro atoms. The van der Waals surface area contributed by atoms with E-state index in [1.165, 1.54) is 0 Å². The first kappa shape index (κ1) is 12.6. The van der Waals surface area contributed by atoms with E-state index in [1.807, 2.05) is 45.0 Å². The van der Waals surface area contributed by atoms with Gasteiger partial charge in [0.1, 0.15) is 11.4 Å². The monoisotopic (exact) mass is 247 g/mol. The van der Waals surface area contributed by atoms with Crippen LogP contribution in [0.15, 0.2) is 28.8 Å². The van der Waals surface area contributed by atoms with E-state index in [2.05, 4.69) is 5.16 Å². The zero-order chi connectivity index (χ0) is 13.1. The molecule has 1 aromatic carbocycles. The summed E-state index contributed by atoms with van der Waals surface area (Å²) < 4.78 is 10.8. The topological polar surface area (TPSA) is 55.5 Å². The maximum absolute atomic E-state index is 9.08. The third kappa shape index (κ3) is 2.54. The van der Waals surface area contributed by atoms with Gasteiger partial charge in [-0.2, -0.15) is 0 Å². The van der Waals surface area contributed by atoms with E-state index in [1.54, 1.807) is 0 Å². The maximum atomic E-state index is 9.08. The summed E-state index contributed by atoms with van der Waals surface area (Å²) in [5, 5.41) is 12.9. The summed E-state index contributed by atoms with van der Waals surface area (Å²) in [5.41, 5.74) is 2.37.